The number of hydrogen-bond acceptors (Lipinski definition) is 5. The SMILES string of the molecule is CNc1cc(N(CCO)C2CCCCC2)nc(C(C)C)n1. The Hall–Kier alpha value is -1.36. The molecule has 0 unspecified atom stereocenters. The molecule has 2 N–H and O–H groups in total. The van der Waals surface area contributed by atoms with Gasteiger partial charge in [0.15, 0.2) is 0 Å². The second-order valence-electron chi connectivity index (χ2n) is 6.08. The van der Waals surface area contributed by atoms with Crippen molar-refractivity contribution >= 4 is 11.6 Å². The van der Waals surface area contributed by atoms with Crippen molar-refractivity contribution in [2.24, 2.45) is 0 Å². The highest BCUT2D eigenvalue weighted by molar-refractivity contribution is 5.50. The number of aliphatic hydroxyl groups excluding tert-OH is 1. The van der Waals surface area contributed by atoms with Crippen LogP contribution in [0.5, 0.6) is 0 Å². The molecule has 5 heteroatoms. The van der Waals surface area contributed by atoms with Crippen LogP contribution in [0.25, 0.3) is 0 Å². The Balaban J connectivity index is 2.31. The van der Waals surface area contributed by atoms with Gasteiger partial charge in [0.05, 0.1) is 6.61 Å². The Labute approximate surface area is 127 Å². The standard InChI is InChI=1S/C16H28N4O/c1-12(2)16-18-14(17-3)11-15(19-16)20(9-10-21)13-7-5-4-6-8-13/h11-13,21H,4-10H2,1-3H3,(H,17,18,19). The van der Waals surface area contributed by atoms with Crippen LogP contribution in [0.2, 0.25) is 0 Å². The van der Waals surface area contributed by atoms with Crippen LogP contribution in [-0.4, -0.2) is 41.3 Å². The van der Waals surface area contributed by atoms with E-state index in [0.29, 0.717) is 18.5 Å². The van der Waals surface area contributed by atoms with Crippen molar-refractivity contribution in [2.75, 3.05) is 30.4 Å². The number of rotatable bonds is 6. The monoisotopic (exact) mass is 292 g/mol. The third-order valence-corrected chi connectivity index (χ3v) is 4.15. The zero-order chi connectivity index (χ0) is 15.2. The molecule has 0 amide bonds. The Morgan fingerprint density at radius 1 is 1.29 bits per heavy atom. The second kappa shape index (κ2) is 7.59. The second-order valence-corrected chi connectivity index (χ2v) is 6.08. The van der Waals surface area contributed by atoms with Crippen LogP contribution < -0.4 is 10.2 Å². The zero-order valence-corrected chi connectivity index (χ0v) is 13.5. The van der Waals surface area contributed by atoms with Crippen molar-refractivity contribution in [1.29, 1.82) is 0 Å². The lowest BCUT2D eigenvalue weighted by atomic mass is 9.94. The molecule has 0 aliphatic heterocycles. The van der Waals surface area contributed by atoms with E-state index in [1.165, 1.54) is 32.1 Å². The Morgan fingerprint density at radius 2 is 2.00 bits per heavy atom. The molecule has 1 aliphatic rings. The summed E-state index contributed by atoms with van der Waals surface area (Å²) in [6.45, 7) is 5.01. The van der Waals surface area contributed by atoms with Crippen LogP contribution in [-0.2, 0) is 0 Å². The van der Waals surface area contributed by atoms with Crippen molar-refractivity contribution in [2.45, 2.75) is 57.9 Å². The van der Waals surface area contributed by atoms with Gasteiger partial charge in [-0.1, -0.05) is 33.1 Å². The molecule has 1 aromatic heterocycles. The van der Waals surface area contributed by atoms with Crippen LogP contribution in [0.4, 0.5) is 11.6 Å². The van der Waals surface area contributed by atoms with E-state index in [2.05, 4.69) is 29.0 Å². The fraction of sp³-hybridized carbons (Fsp3) is 0.750. The zero-order valence-electron chi connectivity index (χ0n) is 13.5. The molecule has 118 valence electrons. The summed E-state index contributed by atoms with van der Waals surface area (Å²) < 4.78 is 0. The van der Waals surface area contributed by atoms with E-state index in [9.17, 15) is 5.11 Å². The summed E-state index contributed by atoms with van der Waals surface area (Å²) in [4.78, 5) is 11.5. The number of nitrogens with one attached hydrogen (secondary N) is 1. The fourth-order valence-electron chi connectivity index (χ4n) is 2.97. The van der Waals surface area contributed by atoms with Crippen LogP contribution in [0.3, 0.4) is 0 Å². The van der Waals surface area contributed by atoms with E-state index in [1.807, 2.05) is 13.1 Å². The molecule has 0 radical (unpaired) electrons. The summed E-state index contributed by atoms with van der Waals surface area (Å²) in [5.41, 5.74) is 0. The average Bonchev–Trinajstić information content (AvgIpc) is 2.52. The molecule has 0 bridgehead atoms. The van der Waals surface area contributed by atoms with Gasteiger partial charge >= 0.3 is 0 Å². The van der Waals surface area contributed by atoms with E-state index < -0.39 is 0 Å². The van der Waals surface area contributed by atoms with Crippen molar-refractivity contribution in [3.63, 3.8) is 0 Å². The van der Waals surface area contributed by atoms with Crippen LogP contribution in [0.15, 0.2) is 6.07 Å². The van der Waals surface area contributed by atoms with E-state index in [0.717, 1.165) is 17.5 Å². The summed E-state index contributed by atoms with van der Waals surface area (Å²) in [6, 6.07) is 2.49. The summed E-state index contributed by atoms with van der Waals surface area (Å²) in [7, 11) is 1.88. The Bertz CT molecular complexity index is 444. The highest BCUT2D eigenvalue weighted by Crippen LogP contribution is 2.28. The first kappa shape index (κ1) is 16.0. The summed E-state index contributed by atoms with van der Waals surface area (Å²) in [5, 5.41) is 12.6. The van der Waals surface area contributed by atoms with Crippen molar-refractivity contribution < 1.29 is 5.11 Å². The third kappa shape index (κ3) is 4.06. The Morgan fingerprint density at radius 3 is 2.57 bits per heavy atom. The minimum absolute atomic E-state index is 0.159. The van der Waals surface area contributed by atoms with Crippen molar-refractivity contribution in [3.05, 3.63) is 11.9 Å². The average molecular weight is 292 g/mol. The van der Waals surface area contributed by atoms with Gasteiger partial charge in [0.25, 0.3) is 0 Å². The topological polar surface area (TPSA) is 61.3 Å². The maximum Gasteiger partial charge on any atom is 0.135 e. The lowest BCUT2D eigenvalue weighted by Crippen LogP contribution is -2.39. The van der Waals surface area contributed by atoms with Gasteiger partial charge < -0.3 is 15.3 Å². The normalized spacial score (nSPS) is 16.2. The van der Waals surface area contributed by atoms with Crippen LogP contribution in [0.1, 0.15) is 57.7 Å². The fourth-order valence-corrected chi connectivity index (χ4v) is 2.97. The molecule has 1 aromatic rings. The molecule has 2 rings (SSSR count). The maximum atomic E-state index is 9.43. The molecule has 1 fully saturated rings. The van der Waals surface area contributed by atoms with E-state index in [1.54, 1.807) is 0 Å². The molecule has 1 heterocycles. The predicted molar refractivity (Wildman–Crippen MR) is 87.0 cm³/mol. The number of hydrogen-bond donors (Lipinski definition) is 2. The minimum Gasteiger partial charge on any atom is -0.395 e. The largest absolute Gasteiger partial charge is 0.395 e. The van der Waals surface area contributed by atoms with Gasteiger partial charge in [0.2, 0.25) is 0 Å². The summed E-state index contributed by atoms with van der Waals surface area (Å²) in [6.07, 6.45) is 6.25. The van der Waals surface area contributed by atoms with E-state index >= 15 is 0 Å². The highest BCUT2D eigenvalue weighted by atomic mass is 16.3. The molecule has 0 atom stereocenters. The molecule has 1 saturated carbocycles. The molecule has 0 aromatic carbocycles. The number of aromatic nitrogens is 2. The molecule has 21 heavy (non-hydrogen) atoms. The third-order valence-electron chi connectivity index (χ3n) is 4.15. The molecule has 0 spiro atoms. The summed E-state index contributed by atoms with van der Waals surface area (Å²) >= 11 is 0. The van der Waals surface area contributed by atoms with Gasteiger partial charge in [0.1, 0.15) is 17.5 Å². The molecular formula is C16H28N4O. The lowest BCUT2D eigenvalue weighted by molar-refractivity contribution is 0.289. The first-order chi connectivity index (χ1) is 10.2. The van der Waals surface area contributed by atoms with Gasteiger partial charge in [-0.3, -0.25) is 0 Å². The first-order valence-electron chi connectivity index (χ1n) is 8.10. The molecule has 0 saturated heterocycles. The number of nitrogens with zero attached hydrogens (tertiary/aromatic N) is 3. The van der Waals surface area contributed by atoms with E-state index in [-0.39, 0.29) is 6.61 Å². The predicted octanol–water partition coefficient (Wildman–Crippen LogP) is 2.77. The summed E-state index contributed by atoms with van der Waals surface area (Å²) in [5.74, 6) is 2.94. The van der Waals surface area contributed by atoms with Crippen molar-refractivity contribution in [1.82, 2.24) is 9.97 Å². The minimum atomic E-state index is 0.159. The van der Waals surface area contributed by atoms with Gasteiger partial charge in [-0.15, -0.1) is 0 Å². The van der Waals surface area contributed by atoms with Crippen LogP contribution >= 0.6 is 0 Å². The van der Waals surface area contributed by atoms with Gasteiger partial charge in [0, 0.05) is 31.6 Å². The highest BCUT2D eigenvalue weighted by Gasteiger charge is 2.23. The maximum absolute atomic E-state index is 9.43. The van der Waals surface area contributed by atoms with Gasteiger partial charge in [-0.2, -0.15) is 0 Å². The first-order valence-corrected chi connectivity index (χ1v) is 8.10. The Kier molecular flexibility index (Phi) is 5.79. The molecule has 1 aliphatic carbocycles. The molecular weight excluding hydrogens is 264 g/mol. The van der Waals surface area contributed by atoms with E-state index in [4.69, 9.17) is 4.98 Å². The number of aliphatic hydroxyl groups is 1. The van der Waals surface area contributed by atoms with Gasteiger partial charge in [-0.05, 0) is 12.8 Å². The number of anilines is 2. The lowest BCUT2D eigenvalue weighted by Gasteiger charge is -2.35. The van der Waals surface area contributed by atoms with Gasteiger partial charge in [-0.25, -0.2) is 9.97 Å². The molecule has 5 nitrogen and oxygen atoms in total. The smallest absolute Gasteiger partial charge is 0.135 e. The van der Waals surface area contributed by atoms with Crippen LogP contribution in [0, 0.1) is 0 Å². The van der Waals surface area contributed by atoms with Crippen molar-refractivity contribution in [3.8, 4) is 0 Å². The quantitative estimate of drug-likeness (QED) is 0.844.